The van der Waals surface area contributed by atoms with E-state index in [1.165, 1.54) is 80.7 Å². The summed E-state index contributed by atoms with van der Waals surface area (Å²) in [4.78, 5) is 0. The van der Waals surface area contributed by atoms with Crippen molar-refractivity contribution in [2.45, 2.75) is 71.1 Å². The molecule has 1 nitrogen and oxygen atoms in total. The standard InChI is InChI=1S/C21H32N.ClH/c1-3-4-5-6-7-8-9-10-11-16-21-20-15-13-12-14-19(20)17-18-22(21)2;/h12-15,17-18H,3-11,16H2,1-2H3;1H/q+1;/p-1. The number of hydrogen-bond donors (Lipinski definition) is 0. The first-order valence-electron chi connectivity index (χ1n) is 9.19. The zero-order valence-corrected chi connectivity index (χ0v) is 15.6. The molecule has 0 atom stereocenters. The molecule has 128 valence electrons. The van der Waals surface area contributed by atoms with E-state index in [2.05, 4.69) is 55.1 Å². The zero-order chi connectivity index (χ0) is 15.6. The van der Waals surface area contributed by atoms with Crippen molar-refractivity contribution in [2.75, 3.05) is 0 Å². The van der Waals surface area contributed by atoms with Crippen molar-refractivity contribution in [3.63, 3.8) is 0 Å². The van der Waals surface area contributed by atoms with Gasteiger partial charge in [0.15, 0.2) is 11.9 Å². The zero-order valence-electron chi connectivity index (χ0n) is 14.9. The minimum Gasteiger partial charge on any atom is -1.00 e. The maximum Gasteiger partial charge on any atom is 0.188 e. The number of aryl methyl sites for hydroxylation is 2. The van der Waals surface area contributed by atoms with Gasteiger partial charge in [-0.05, 0) is 17.9 Å². The van der Waals surface area contributed by atoms with Crippen molar-refractivity contribution in [2.24, 2.45) is 7.05 Å². The molecule has 0 saturated carbocycles. The highest BCUT2D eigenvalue weighted by Gasteiger charge is 2.10. The summed E-state index contributed by atoms with van der Waals surface area (Å²) in [6, 6.07) is 11.0. The van der Waals surface area contributed by atoms with Gasteiger partial charge in [0.1, 0.15) is 7.05 Å². The molecule has 0 bridgehead atoms. The molecule has 0 aliphatic heterocycles. The minimum absolute atomic E-state index is 0. The molecule has 0 fully saturated rings. The highest BCUT2D eigenvalue weighted by molar-refractivity contribution is 5.83. The van der Waals surface area contributed by atoms with Crippen molar-refractivity contribution >= 4 is 10.8 Å². The quantitative estimate of drug-likeness (QED) is 0.465. The number of pyridine rings is 1. The first kappa shape index (κ1) is 20.0. The van der Waals surface area contributed by atoms with E-state index in [9.17, 15) is 0 Å². The monoisotopic (exact) mass is 333 g/mol. The number of aromatic nitrogens is 1. The number of rotatable bonds is 10. The third kappa shape index (κ3) is 6.51. The topological polar surface area (TPSA) is 3.88 Å². The lowest BCUT2D eigenvalue weighted by Gasteiger charge is -2.05. The maximum atomic E-state index is 2.30. The first-order chi connectivity index (χ1) is 10.8. The fraction of sp³-hybridized carbons (Fsp3) is 0.571. The highest BCUT2D eigenvalue weighted by atomic mass is 35.5. The lowest BCUT2D eigenvalue weighted by molar-refractivity contribution is -0.677. The second kappa shape index (κ2) is 11.5. The van der Waals surface area contributed by atoms with Crippen LogP contribution in [0.15, 0.2) is 36.5 Å². The fourth-order valence-electron chi connectivity index (χ4n) is 3.29. The van der Waals surface area contributed by atoms with Crippen LogP contribution in [0.4, 0.5) is 0 Å². The van der Waals surface area contributed by atoms with Gasteiger partial charge in [-0.2, -0.15) is 0 Å². The third-order valence-corrected chi connectivity index (χ3v) is 4.69. The van der Waals surface area contributed by atoms with E-state index in [1.54, 1.807) is 0 Å². The Balaban J connectivity index is 0.00000264. The molecule has 0 amide bonds. The van der Waals surface area contributed by atoms with E-state index < -0.39 is 0 Å². The molecule has 0 unspecified atom stereocenters. The van der Waals surface area contributed by atoms with Gasteiger partial charge in [0.25, 0.3) is 0 Å². The summed E-state index contributed by atoms with van der Waals surface area (Å²) in [5, 5.41) is 2.79. The van der Waals surface area contributed by atoms with E-state index in [1.807, 2.05) is 0 Å². The molecular weight excluding hydrogens is 302 g/mol. The maximum absolute atomic E-state index is 2.30. The molecule has 1 heterocycles. The van der Waals surface area contributed by atoms with Crippen molar-refractivity contribution in [3.05, 3.63) is 42.2 Å². The normalized spacial score (nSPS) is 10.7. The lowest BCUT2D eigenvalue weighted by Crippen LogP contribution is -3.00. The SMILES string of the molecule is CCCCCCCCCCCc1c2ccccc2cc[n+]1C.[Cl-]. The second-order valence-electron chi connectivity index (χ2n) is 6.54. The van der Waals surface area contributed by atoms with Crippen LogP contribution >= 0.6 is 0 Å². The van der Waals surface area contributed by atoms with Gasteiger partial charge in [0.05, 0.1) is 0 Å². The van der Waals surface area contributed by atoms with Crippen LogP contribution in [0.25, 0.3) is 10.8 Å². The van der Waals surface area contributed by atoms with Gasteiger partial charge in [-0.15, -0.1) is 0 Å². The van der Waals surface area contributed by atoms with E-state index in [0.717, 1.165) is 0 Å². The van der Waals surface area contributed by atoms with Crippen LogP contribution in [0.1, 0.15) is 70.4 Å². The van der Waals surface area contributed by atoms with Gasteiger partial charge >= 0.3 is 0 Å². The second-order valence-corrected chi connectivity index (χ2v) is 6.54. The molecular formula is C21H32ClN. The van der Waals surface area contributed by atoms with Crippen LogP contribution in [0.3, 0.4) is 0 Å². The summed E-state index contributed by atoms with van der Waals surface area (Å²) in [5.41, 5.74) is 1.49. The Labute approximate surface area is 148 Å². The third-order valence-electron chi connectivity index (χ3n) is 4.69. The Morgan fingerprint density at radius 3 is 2.09 bits per heavy atom. The summed E-state index contributed by atoms with van der Waals surface area (Å²) in [7, 11) is 2.18. The molecule has 2 rings (SSSR count). The van der Waals surface area contributed by atoms with Gasteiger partial charge in [0.2, 0.25) is 0 Å². The van der Waals surface area contributed by atoms with Crippen LogP contribution in [-0.2, 0) is 13.5 Å². The number of unbranched alkanes of at least 4 members (excludes halogenated alkanes) is 8. The minimum atomic E-state index is 0. The molecule has 2 heteroatoms. The summed E-state index contributed by atoms with van der Waals surface area (Å²) < 4.78 is 2.30. The number of nitrogens with zero attached hydrogens (tertiary/aromatic N) is 1. The predicted molar refractivity (Wildman–Crippen MR) is 96.1 cm³/mol. The first-order valence-corrected chi connectivity index (χ1v) is 9.19. The molecule has 0 aliphatic rings. The van der Waals surface area contributed by atoms with E-state index in [-0.39, 0.29) is 12.4 Å². The van der Waals surface area contributed by atoms with Crippen LogP contribution in [0.2, 0.25) is 0 Å². The van der Waals surface area contributed by atoms with Crippen LogP contribution in [-0.4, -0.2) is 0 Å². The lowest BCUT2D eigenvalue weighted by atomic mass is 10.0. The van der Waals surface area contributed by atoms with E-state index in [4.69, 9.17) is 0 Å². The van der Waals surface area contributed by atoms with Gasteiger partial charge in [-0.1, -0.05) is 76.5 Å². The number of hydrogen-bond acceptors (Lipinski definition) is 0. The predicted octanol–water partition coefficient (Wildman–Crippen LogP) is 2.74. The van der Waals surface area contributed by atoms with Crippen LogP contribution < -0.4 is 17.0 Å². The van der Waals surface area contributed by atoms with Crippen LogP contribution in [0.5, 0.6) is 0 Å². The molecule has 23 heavy (non-hydrogen) atoms. The van der Waals surface area contributed by atoms with Gasteiger partial charge in [-0.3, -0.25) is 0 Å². The number of benzene rings is 1. The van der Waals surface area contributed by atoms with Crippen molar-refractivity contribution in [3.8, 4) is 0 Å². The summed E-state index contributed by atoms with van der Waals surface area (Å²) >= 11 is 0. The Kier molecular flexibility index (Phi) is 9.94. The Bertz CT molecular complexity index is 565. The molecule has 0 radical (unpaired) electrons. The molecule has 0 spiro atoms. The average molecular weight is 334 g/mol. The molecule has 2 aromatic rings. The fourth-order valence-corrected chi connectivity index (χ4v) is 3.29. The Hall–Kier alpha value is -1.08. The summed E-state index contributed by atoms with van der Waals surface area (Å²) in [6.07, 6.45) is 16.0. The molecule has 0 N–H and O–H groups in total. The van der Waals surface area contributed by atoms with Gasteiger partial charge < -0.3 is 12.4 Å². The van der Waals surface area contributed by atoms with Gasteiger partial charge in [0, 0.05) is 17.9 Å². The molecule has 0 aliphatic carbocycles. The van der Waals surface area contributed by atoms with Crippen LogP contribution in [0, 0.1) is 0 Å². The number of fused-ring (bicyclic) bond motifs is 1. The highest BCUT2D eigenvalue weighted by Crippen LogP contribution is 2.17. The molecule has 1 aromatic heterocycles. The average Bonchev–Trinajstić information content (AvgIpc) is 2.55. The Morgan fingerprint density at radius 2 is 1.39 bits per heavy atom. The molecule has 1 aromatic carbocycles. The largest absolute Gasteiger partial charge is 1.00 e. The van der Waals surface area contributed by atoms with E-state index >= 15 is 0 Å². The summed E-state index contributed by atoms with van der Waals surface area (Å²) in [5.74, 6) is 0. The molecule has 0 saturated heterocycles. The van der Waals surface area contributed by atoms with Crippen molar-refractivity contribution in [1.82, 2.24) is 0 Å². The summed E-state index contributed by atoms with van der Waals surface area (Å²) in [6.45, 7) is 2.29. The van der Waals surface area contributed by atoms with E-state index in [0.29, 0.717) is 0 Å². The van der Waals surface area contributed by atoms with Crippen molar-refractivity contribution in [1.29, 1.82) is 0 Å². The van der Waals surface area contributed by atoms with Crippen molar-refractivity contribution < 1.29 is 17.0 Å². The Morgan fingerprint density at radius 1 is 0.783 bits per heavy atom. The van der Waals surface area contributed by atoms with Gasteiger partial charge in [-0.25, -0.2) is 4.57 Å². The smallest absolute Gasteiger partial charge is 0.188 e. The number of halogens is 1.